The number of amides is 2. The van der Waals surface area contributed by atoms with Gasteiger partial charge in [-0.25, -0.2) is 4.79 Å². The Morgan fingerprint density at radius 1 is 0.810 bits per heavy atom. The van der Waals surface area contributed by atoms with Crippen molar-refractivity contribution in [2.75, 3.05) is 17.7 Å². The van der Waals surface area contributed by atoms with E-state index in [9.17, 15) is 19.5 Å². The Bertz CT molecular complexity index is 1770. The molecule has 210 valence electrons. The molecule has 9 heteroatoms. The summed E-state index contributed by atoms with van der Waals surface area (Å²) in [6.45, 7) is 0. The van der Waals surface area contributed by atoms with Crippen LogP contribution in [0.25, 0.3) is 10.8 Å². The van der Waals surface area contributed by atoms with Gasteiger partial charge in [-0.05, 0) is 65.5 Å². The zero-order valence-electron chi connectivity index (χ0n) is 22.3. The van der Waals surface area contributed by atoms with E-state index in [1.807, 2.05) is 42.5 Å². The van der Waals surface area contributed by atoms with Crippen molar-refractivity contribution >= 4 is 63.3 Å². The molecule has 0 spiro atoms. The van der Waals surface area contributed by atoms with Gasteiger partial charge < -0.3 is 20.5 Å². The van der Waals surface area contributed by atoms with Crippen molar-refractivity contribution in [3.05, 3.63) is 131 Å². The van der Waals surface area contributed by atoms with Crippen molar-refractivity contribution in [2.24, 2.45) is 0 Å². The van der Waals surface area contributed by atoms with Gasteiger partial charge >= 0.3 is 5.97 Å². The molecular weight excluding hydrogens is 572 g/mol. The quantitative estimate of drug-likeness (QED) is 0.149. The molecule has 2 amide bonds. The molecule has 0 aromatic heterocycles. The summed E-state index contributed by atoms with van der Waals surface area (Å²) in [7, 11) is 1.52. The van der Waals surface area contributed by atoms with E-state index in [0.29, 0.717) is 32.9 Å². The third kappa shape index (κ3) is 6.40. The summed E-state index contributed by atoms with van der Waals surface area (Å²) in [5, 5.41) is 16.4. The summed E-state index contributed by atoms with van der Waals surface area (Å²) in [6, 6.07) is 31.5. The number of halogens is 1. The van der Waals surface area contributed by atoms with E-state index < -0.39 is 17.1 Å². The fourth-order valence-corrected chi connectivity index (χ4v) is 5.73. The van der Waals surface area contributed by atoms with E-state index in [2.05, 4.69) is 10.6 Å². The molecule has 0 radical (unpaired) electrons. The number of aromatic carboxylic acids is 1. The van der Waals surface area contributed by atoms with Gasteiger partial charge in [0.25, 0.3) is 5.91 Å². The van der Waals surface area contributed by atoms with Crippen LogP contribution in [0, 0.1) is 0 Å². The largest absolute Gasteiger partial charge is 0.495 e. The summed E-state index contributed by atoms with van der Waals surface area (Å²) in [4.78, 5) is 39.3. The maximum absolute atomic E-state index is 13.5. The number of carboxylic acids is 1. The lowest BCUT2D eigenvalue weighted by molar-refractivity contribution is -0.115. The van der Waals surface area contributed by atoms with Crippen molar-refractivity contribution < 1.29 is 24.2 Å². The van der Waals surface area contributed by atoms with E-state index in [1.54, 1.807) is 60.7 Å². The van der Waals surface area contributed by atoms with Gasteiger partial charge in [-0.3, -0.25) is 9.59 Å². The number of hydrogen-bond donors (Lipinski definition) is 3. The van der Waals surface area contributed by atoms with Gasteiger partial charge in [0.05, 0.1) is 18.4 Å². The number of benzene rings is 5. The number of carboxylic acid groups (broad SMARTS) is 1. The van der Waals surface area contributed by atoms with E-state index in [-0.39, 0.29) is 17.0 Å². The van der Waals surface area contributed by atoms with Gasteiger partial charge in [-0.2, -0.15) is 0 Å². The molecule has 0 saturated carbocycles. The highest BCUT2D eigenvalue weighted by molar-refractivity contribution is 8.00. The molecule has 3 N–H and O–H groups in total. The second-order valence-electron chi connectivity index (χ2n) is 9.24. The van der Waals surface area contributed by atoms with Crippen LogP contribution in [-0.2, 0) is 4.79 Å². The van der Waals surface area contributed by atoms with Gasteiger partial charge in [-0.15, -0.1) is 11.8 Å². The molecule has 0 bridgehead atoms. The lowest BCUT2D eigenvalue weighted by Gasteiger charge is -2.18. The Morgan fingerprint density at radius 2 is 1.50 bits per heavy atom. The van der Waals surface area contributed by atoms with E-state index in [1.165, 1.54) is 24.9 Å². The molecule has 0 aliphatic rings. The topological polar surface area (TPSA) is 105 Å². The van der Waals surface area contributed by atoms with Crippen molar-refractivity contribution in [3.8, 4) is 5.75 Å². The summed E-state index contributed by atoms with van der Waals surface area (Å²) in [5.41, 5.74) is 2.13. The smallest absolute Gasteiger partial charge is 0.336 e. The van der Waals surface area contributed by atoms with Crippen LogP contribution in [0.3, 0.4) is 0 Å². The molecule has 42 heavy (non-hydrogen) atoms. The number of methoxy groups -OCH3 is 1. The van der Waals surface area contributed by atoms with Gasteiger partial charge in [-0.1, -0.05) is 66.2 Å². The van der Waals surface area contributed by atoms with E-state index >= 15 is 0 Å². The summed E-state index contributed by atoms with van der Waals surface area (Å²) >= 11 is 7.51. The Balaban J connectivity index is 1.36. The molecule has 1 atom stereocenters. The zero-order valence-corrected chi connectivity index (χ0v) is 23.9. The van der Waals surface area contributed by atoms with Crippen LogP contribution in [0.1, 0.15) is 31.5 Å². The Hall–Kier alpha value is -4.79. The first kappa shape index (κ1) is 28.7. The lowest BCUT2D eigenvalue weighted by Crippen LogP contribution is -2.19. The molecular formula is C33H25ClN2O5S. The zero-order chi connectivity index (χ0) is 29.6. The van der Waals surface area contributed by atoms with Gasteiger partial charge in [0.15, 0.2) is 0 Å². The maximum Gasteiger partial charge on any atom is 0.336 e. The molecule has 0 aliphatic carbocycles. The molecule has 0 heterocycles. The van der Waals surface area contributed by atoms with Gasteiger partial charge in [0.2, 0.25) is 5.91 Å². The molecule has 0 fully saturated rings. The second kappa shape index (κ2) is 12.8. The predicted molar refractivity (Wildman–Crippen MR) is 167 cm³/mol. The predicted octanol–water partition coefficient (Wildman–Crippen LogP) is 7.92. The monoisotopic (exact) mass is 596 g/mol. The van der Waals surface area contributed by atoms with Crippen LogP contribution < -0.4 is 15.4 Å². The lowest BCUT2D eigenvalue weighted by atomic mass is 9.98. The van der Waals surface area contributed by atoms with Crippen molar-refractivity contribution in [1.82, 2.24) is 0 Å². The maximum atomic E-state index is 13.5. The Morgan fingerprint density at radius 3 is 2.17 bits per heavy atom. The van der Waals surface area contributed by atoms with Crippen LogP contribution in [0.5, 0.6) is 5.75 Å². The minimum Gasteiger partial charge on any atom is -0.495 e. The average Bonchev–Trinajstić information content (AvgIpc) is 3.00. The van der Waals surface area contributed by atoms with Crippen molar-refractivity contribution in [2.45, 2.75) is 10.1 Å². The number of ether oxygens (including phenoxy) is 1. The third-order valence-electron chi connectivity index (χ3n) is 6.51. The van der Waals surface area contributed by atoms with Gasteiger partial charge in [0.1, 0.15) is 11.0 Å². The average molecular weight is 597 g/mol. The Kier molecular flexibility index (Phi) is 8.76. The number of anilines is 2. The van der Waals surface area contributed by atoms with Gasteiger partial charge in [0, 0.05) is 26.6 Å². The van der Waals surface area contributed by atoms with Crippen LogP contribution in [-0.4, -0.2) is 30.0 Å². The summed E-state index contributed by atoms with van der Waals surface area (Å²) in [5.74, 6) is -1.29. The number of carbonyl (C=O) groups excluding carboxylic acids is 2. The molecule has 7 nitrogen and oxygen atoms in total. The van der Waals surface area contributed by atoms with Crippen LogP contribution in [0.2, 0.25) is 5.02 Å². The first-order chi connectivity index (χ1) is 20.3. The molecule has 5 aromatic carbocycles. The first-order valence-electron chi connectivity index (χ1n) is 12.9. The standard InChI is InChI=1S/C33H25ClN2O5S/c1-41-28-18-13-22(34)19-27(28)36-32(38)30(21-7-3-2-4-8-21)42-24-16-14-23(15-17-24)35-31(37)25-11-5-9-20-10-6-12-26(29(20)25)33(39)40/h2-19,30H,1H3,(H,35,37)(H,36,38)(H,39,40). The number of fused-ring (bicyclic) bond motifs is 1. The molecule has 5 aromatic rings. The molecule has 0 saturated heterocycles. The molecule has 5 rings (SSSR count). The van der Waals surface area contributed by atoms with Crippen LogP contribution in [0.15, 0.2) is 114 Å². The molecule has 1 unspecified atom stereocenters. The second-order valence-corrected chi connectivity index (χ2v) is 10.9. The molecule has 0 aliphatic heterocycles. The van der Waals surface area contributed by atoms with E-state index in [0.717, 1.165) is 10.5 Å². The van der Waals surface area contributed by atoms with Crippen molar-refractivity contribution in [3.63, 3.8) is 0 Å². The fourth-order valence-electron chi connectivity index (χ4n) is 4.54. The minimum atomic E-state index is -1.10. The highest BCUT2D eigenvalue weighted by Crippen LogP contribution is 2.38. The summed E-state index contributed by atoms with van der Waals surface area (Å²) in [6.07, 6.45) is 0. The summed E-state index contributed by atoms with van der Waals surface area (Å²) < 4.78 is 5.38. The highest BCUT2D eigenvalue weighted by Gasteiger charge is 2.24. The van der Waals surface area contributed by atoms with Crippen molar-refractivity contribution in [1.29, 1.82) is 0 Å². The number of nitrogens with one attached hydrogen (secondary N) is 2. The number of hydrogen-bond acceptors (Lipinski definition) is 5. The minimum absolute atomic E-state index is 0.0608. The SMILES string of the molecule is COc1ccc(Cl)cc1NC(=O)C(Sc1ccc(NC(=O)c2cccc3cccc(C(=O)O)c23)cc1)c1ccccc1. The number of thioether (sulfide) groups is 1. The van der Waals surface area contributed by atoms with E-state index in [4.69, 9.17) is 16.3 Å². The fraction of sp³-hybridized carbons (Fsp3) is 0.0606. The van der Waals surface area contributed by atoms with Crippen LogP contribution in [0.4, 0.5) is 11.4 Å². The normalized spacial score (nSPS) is 11.5. The third-order valence-corrected chi connectivity index (χ3v) is 8.01. The highest BCUT2D eigenvalue weighted by atomic mass is 35.5. The first-order valence-corrected chi connectivity index (χ1v) is 14.1. The Labute approximate surface area is 251 Å². The van der Waals surface area contributed by atoms with Crippen LogP contribution >= 0.6 is 23.4 Å². The number of rotatable bonds is 9. The number of carbonyl (C=O) groups is 3.